The molecule has 2 nitrogen and oxygen atoms in total. The molecule has 2 rings (SSSR count). The molecule has 2 atom stereocenters. The smallest absolute Gasteiger partial charge is 0.122 e. The summed E-state index contributed by atoms with van der Waals surface area (Å²) in [4.78, 5) is 0. The summed E-state index contributed by atoms with van der Waals surface area (Å²) in [7, 11) is 3.79. The first-order valence-electron chi connectivity index (χ1n) is 6.05. The van der Waals surface area contributed by atoms with Crippen LogP contribution in [0.4, 0.5) is 0 Å². The SMILES string of the molecule is CNCC1CCC1c1cc(C)ccc1OC. The molecule has 0 saturated heterocycles. The number of ether oxygens (including phenoxy) is 1. The van der Waals surface area contributed by atoms with E-state index in [2.05, 4.69) is 30.4 Å². The second kappa shape index (κ2) is 4.88. The number of aryl methyl sites for hydroxylation is 1. The molecule has 1 fully saturated rings. The summed E-state index contributed by atoms with van der Waals surface area (Å²) >= 11 is 0. The first-order valence-corrected chi connectivity index (χ1v) is 6.05. The van der Waals surface area contributed by atoms with Crippen molar-refractivity contribution in [3.05, 3.63) is 29.3 Å². The van der Waals surface area contributed by atoms with Crippen molar-refractivity contribution >= 4 is 0 Å². The number of methoxy groups -OCH3 is 1. The summed E-state index contributed by atoms with van der Waals surface area (Å²) in [5, 5.41) is 3.28. The first-order chi connectivity index (χ1) is 7.76. The number of nitrogens with one attached hydrogen (secondary N) is 1. The molecule has 1 aromatic carbocycles. The van der Waals surface area contributed by atoms with Crippen LogP contribution in [0.2, 0.25) is 0 Å². The van der Waals surface area contributed by atoms with Crippen molar-refractivity contribution in [2.45, 2.75) is 25.7 Å². The van der Waals surface area contributed by atoms with E-state index in [-0.39, 0.29) is 0 Å². The lowest BCUT2D eigenvalue weighted by Gasteiger charge is -2.37. The van der Waals surface area contributed by atoms with Gasteiger partial charge in [-0.1, -0.05) is 17.7 Å². The third-order valence-electron chi connectivity index (χ3n) is 3.67. The van der Waals surface area contributed by atoms with Crippen LogP contribution in [-0.2, 0) is 0 Å². The van der Waals surface area contributed by atoms with Gasteiger partial charge in [0.15, 0.2) is 0 Å². The molecule has 0 radical (unpaired) electrons. The van der Waals surface area contributed by atoms with Gasteiger partial charge in [-0.2, -0.15) is 0 Å². The number of rotatable bonds is 4. The van der Waals surface area contributed by atoms with Crippen LogP contribution in [0, 0.1) is 12.8 Å². The zero-order valence-electron chi connectivity index (χ0n) is 10.4. The molecular weight excluding hydrogens is 198 g/mol. The molecule has 0 bridgehead atoms. The fourth-order valence-electron chi connectivity index (χ4n) is 2.63. The Bertz CT molecular complexity index is 362. The van der Waals surface area contributed by atoms with E-state index in [0.717, 1.165) is 18.2 Å². The van der Waals surface area contributed by atoms with Gasteiger partial charge in [0, 0.05) is 0 Å². The molecule has 1 aliphatic rings. The molecular formula is C14H21NO. The monoisotopic (exact) mass is 219 g/mol. The Hall–Kier alpha value is -1.02. The highest BCUT2D eigenvalue weighted by molar-refractivity contribution is 5.40. The van der Waals surface area contributed by atoms with E-state index >= 15 is 0 Å². The van der Waals surface area contributed by atoms with Crippen molar-refractivity contribution in [2.24, 2.45) is 5.92 Å². The molecule has 2 heteroatoms. The fourth-order valence-corrected chi connectivity index (χ4v) is 2.63. The van der Waals surface area contributed by atoms with E-state index in [0.29, 0.717) is 5.92 Å². The molecule has 1 aliphatic carbocycles. The molecule has 0 spiro atoms. The van der Waals surface area contributed by atoms with E-state index in [1.165, 1.54) is 24.0 Å². The normalized spacial score (nSPS) is 23.9. The van der Waals surface area contributed by atoms with E-state index in [9.17, 15) is 0 Å². The molecule has 0 aliphatic heterocycles. The first kappa shape index (κ1) is 11.5. The van der Waals surface area contributed by atoms with Crippen LogP contribution < -0.4 is 10.1 Å². The summed E-state index contributed by atoms with van der Waals surface area (Å²) in [6.45, 7) is 3.26. The fraction of sp³-hybridized carbons (Fsp3) is 0.571. The van der Waals surface area contributed by atoms with Crippen molar-refractivity contribution in [3.8, 4) is 5.75 Å². The van der Waals surface area contributed by atoms with Crippen LogP contribution in [0.3, 0.4) is 0 Å². The zero-order chi connectivity index (χ0) is 11.5. The predicted octanol–water partition coefficient (Wildman–Crippen LogP) is 2.72. The van der Waals surface area contributed by atoms with Gasteiger partial charge in [-0.05, 0) is 56.8 Å². The van der Waals surface area contributed by atoms with Crippen LogP contribution in [0.25, 0.3) is 0 Å². The van der Waals surface area contributed by atoms with Crippen LogP contribution in [0.1, 0.15) is 29.9 Å². The van der Waals surface area contributed by atoms with Gasteiger partial charge < -0.3 is 10.1 Å². The topological polar surface area (TPSA) is 21.3 Å². The highest BCUT2D eigenvalue weighted by Gasteiger charge is 2.33. The largest absolute Gasteiger partial charge is 0.496 e. The molecule has 88 valence electrons. The van der Waals surface area contributed by atoms with E-state index in [4.69, 9.17) is 4.74 Å². The van der Waals surface area contributed by atoms with Gasteiger partial charge in [0.25, 0.3) is 0 Å². The van der Waals surface area contributed by atoms with Gasteiger partial charge in [0.1, 0.15) is 5.75 Å². The Kier molecular flexibility index (Phi) is 3.49. The molecule has 0 amide bonds. The Morgan fingerprint density at radius 2 is 2.19 bits per heavy atom. The van der Waals surface area contributed by atoms with Crippen molar-refractivity contribution in [2.75, 3.05) is 20.7 Å². The summed E-state index contributed by atoms with van der Waals surface area (Å²) in [5.41, 5.74) is 2.72. The van der Waals surface area contributed by atoms with E-state index in [1.54, 1.807) is 7.11 Å². The summed E-state index contributed by atoms with van der Waals surface area (Å²) in [6, 6.07) is 6.50. The maximum atomic E-state index is 5.46. The molecule has 1 aromatic rings. The Morgan fingerprint density at radius 3 is 2.75 bits per heavy atom. The minimum Gasteiger partial charge on any atom is -0.496 e. The van der Waals surface area contributed by atoms with Gasteiger partial charge in [0.2, 0.25) is 0 Å². The van der Waals surface area contributed by atoms with Crippen LogP contribution in [0.5, 0.6) is 5.75 Å². The second-order valence-corrected chi connectivity index (χ2v) is 4.75. The quantitative estimate of drug-likeness (QED) is 0.840. The van der Waals surface area contributed by atoms with E-state index in [1.807, 2.05) is 7.05 Å². The standard InChI is InChI=1S/C14H21NO/c1-10-4-7-14(16-3)13(8-10)12-6-5-11(12)9-15-2/h4,7-8,11-12,15H,5-6,9H2,1-3H3. The van der Waals surface area contributed by atoms with Gasteiger partial charge in [-0.15, -0.1) is 0 Å². The number of benzene rings is 1. The Morgan fingerprint density at radius 1 is 1.38 bits per heavy atom. The molecule has 2 unspecified atom stereocenters. The average molecular weight is 219 g/mol. The summed E-state index contributed by atoms with van der Waals surface area (Å²) in [6.07, 6.45) is 2.63. The Balaban J connectivity index is 2.22. The maximum absolute atomic E-state index is 5.46. The zero-order valence-corrected chi connectivity index (χ0v) is 10.4. The van der Waals surface area contributed by atoms with Gasteiger partial charge in [-0.3, -0.25) is 0 Å². The van der Waals surface area contributed by atoms with Gasteiger partial charge >= 0.3 is 0 Å². The summed E-state index contributed by atoms with van der Waals surface area (Å²) < 4.78 is 5.46. The van der Waals surface area contributed by atoms with Crippen LogP contribution >= 0.6 is 0 Å². The molecule has 0 heterocycles. The molecule has 16 heavy (non-hydrogen) atoms. The molecule has 1 saturated carbocycles. The van der Waals surface area contributed by atoms with Gasteiger partial charge in [-0.25, -0.2) is 0 Å². The van der Waals surface area contributed by atoms with E-state index < -0.39 is 0 Å². The maximum Gasteiger partial charge on any atom is 0.122 e. The Labute approximate surface area is 98.0 Å². The summed E-state index contributed by atoms with van der Waals surface area (Å²) in [5.74, 6) is 2.51. The third-order valence-corrected chi connectivity index (χ3v) is 3.67. The highest BCUT2D eigenvalue weighted by atomic mass is 16.5. The minimum atomic E-state index is 0.683. The van der Waals surface area contributed by atoms with Crippen molar-refractivity contribution < 1.29 is 4.74 Å². The third kappa shape index (κ3) is 2.07. The average Bonchev–Trinajstić information content (AvgIpc) is 2.25. The minimum absolute atomic E-state index is 0.683. The van der Waals surface area contributed by atoms with Crippen molar-refractivity contribution in [1.82, 2.24) is 5.32 Å². The second-order valence-electron chi connectivity index (χ2n) is 4.75. The van der Waals surface area contributed by atoms with Crippen LogP contribution in [-0.4, -0.2) is 20.7 Å². The van der Waals surface area contributed by atoms with Crippen molar-refractivity contribution in [1.29, 1.82) is 0 Å². The van der Waals surface area contributed by atoms with Crippen molar-refractivity contribution in [3.63, 3.8) is 0 Å². The number of hydrogen-bond donors (Lipinski definition) is 1. The molecule has 1 N–H and O–H groups in total. The number of hydrogen-bond acceptors (Lipinski definition) is 2. The molecule has 0 aromatic heterocycles. The lowest BCUT2D eigenvalue weighted by atomic mass is 9.69. The van der Waals surface area contributed by atoms with Gasteiger partial charge in [0.05, 0.1) is 7.11 Å². The van der Waals surface area contributed by atoms with Crippen LogP contribution in [0.15, 0.2) is 18.2 Å². The lowest BCUT2D eigenvalue weighted by Crippen LogP contribution is -2.32. The lowest BCUT2D eigenvalue weighted by molar-refractivity contribution is 0.244. The predicted molar refractivity (Wildman–Crippen MR) is 67.1 cm³/mol. The highest BCUT2D eigenvalue weighted by Crippen LogP contribution is 2.45.